The molecule has 1 aliphatic rings. The Bertz CT molecular complexity index is 863. The minimum Gasteiger partial charge on any atom is -0.365 e. The number of nitrogens with zero attached hydrogens (tertiary/aromatic N) is 2. The van der Waals surface area contributed by atoms with E-state index in [1.54, 1.807) is 24.5 Å². The number of urea groups is 1. The third-order valence-electron chi connectivity index (χ3n) is 4.06. The summed E-state index contributed by atoms with van der Waals surface area (Å²) in [4.78, 5) is 30.4. The second-order valence-electron chi connectivity index (χ2n) is 5.89. The number of hydrogen-bond acceptors (Lipinski definition) is 5. The van der Waals surface area contributed by atoms with E-state index in [9.17, 15) is 9.59 Å². The molecule has 1 atom stereocenters. The van der Waals surface area contributed by atoms with E-state index in [2.05, 4.69) is 22.1 Å². The maximum atomic E-state index is 12.1. The van der Waals surface area contributed by atoms with Gasteiger partial charge in [0.25, 0.3) is 5.91 Å². The lowest BCUT2D eigenvalue weighted by atomic mass is 10.1. The van der Waals surface area contributed by atoms with Crippen LogP contribution in [0, 0.1) is 11.8 Å². The lowest BCUT2D eigenvalue weighted by molar-refractivity contribution is 0.100. The normalized spacial score (nSPS) is 16.4. The Kier molecular flexibility index (Phi) is 5.51. The van der Waals surface area contributed by atoms with Crippen LogP contribution in [0.25, 0.3) is 0 Å². The molecule has 0 radical (unpaired) electrons. The minimum absolute atomic E-state index is 0.118. The molecule has 26 heavy (non-hydrogen) atoms. The molecule has 0 spiro atoms. The molecule has 0 unspecified atom stereocenters. The Morgan fingerprint density at radius 2 is 2.19 bits per heavy atom. The lowest BCUT2D eigenvalue weighted by Crippen LogP contribution is -2.51. The maximum Gasteiger partial charge on any atom is 0.319 e. The standard InChI is InChI=1S/C18H19N5O2S/c19-17(24)16-15(23(18(20)25)13-4-2-8-22-11-13)9-14(26-16)6-5-12-3-1-7-21-10-12/h1,3,7,9-10,13,22H,2,4,8,11H2,(H2,19,24)(H2,20,25)/t13-/m0/s1. The van der Waals surface area contributed by atoms with E-state index in [1.807, 2.05) is 6.07 Å². The van der Waals surface area contributed by atoms with Crippen molar-refractivity contribution in [3.8, 4) is 11.8 Å². The van der Waals surface area contributed by atoms with Gasteiger partial charge in [0, 0.05) is 24.5 Å². The van der Waals surface area contributed by atoms with Gasteiger partial charge in [0.05, 0.1) is 16.6 Å². The van der Waals surface area contributed by atoms with E-state index in [4.69, 9.17) is 11.5 Å². The number of carbonyl (C=O) groups is 2. The average molecular weight is 369 g/mol. The van der Waals surface area contributed by atoms with Gasteiger partial charge in [0.2, 0.25) is 0 Å². The molecule has 5 N–H and O–H groups in total. The number of nitrogens with two attached hydrogens (primary N) is 2. The van der Waals surface area contributed by atoms with Crippen molar-refractivity contribution in [2.75, 3.05) is 18.0 Å². The zero-order valence-electron chi connectivity index (χ0n) is 14.1. The van der Waals surface area contributed by atoms with Crippen LogP contribution in [0.1, 0.15) is 33.0 Å². The minimum atomic E-state index is -0.606. The predicted octanol–water partition coefficient (Wildman–Crippen LogP) is 1.28. The quantitative estimate of drug-likeness (QED) is 0.707. The summed E-state index contributed by atoms with van der Waals surface area (Å²) in [6.07, 6.45) is 5.06. The van der Waals surface area contributed by atoms with Crippen LogP contribution in [0.3, 0.4) is 0 Å². The molecule has 0 aliphatic carbocycles. The number of pyridine rings is 1. The Balaban J connectivity index is 1.97. The first-order valence-electron chi connectivity index (χ1n) is 8.21. The van der Waals surface area contributed by atoms with E-state index in [0.717, 1.165) is 36.3 Å². The van der Waals surface area contributed by atoms with E-state index >= 15 is 0 Å². The van der Waals surface area contributed by atoms with Crippen LogP contribution in [0.15, 0.2) is 30.6 Å². The summed E-state index contributed by atoms with van der Waals surface area (Å²) in [6, 6.07) is 4.61. The first-order valence-corrected chi connectivity index (χ1v) is 9.03. The van der Waals surface area contributed by atoms with Crippen molar-refractivity contribution in [1.29, 1.82) is 0 Å². The molecule has 8 heteroatoms. The Hall–Kier alpha value is -2.89. The number of amides is 3. The number of thiophene rings is 1. The molecule has 1 aliphatic heterocycles. The van der Waals surface area contributed by atoms with E-state index in [-0.39, 0.29) is 10.9 Å². The smallest absolute Gasteiger partial charge is 0.319 e. The molecular weight excluding hydrogens is 350 g/mol. The van der Waals surface area contributed by atoms with Gasteiger partial charge >= 0.3 is 6.03 Å². The zero-order chi connectivity index (χ0) is 18.5. The summed E-state index contributed by atoms with van der Waals surface area (Å²) >= 11 is 1.16. The fourth-order valence-electron chi connectivity index (χ4n) is 2.92. The predicted molar refractivity (Wildman–Crippen MR) is 101 cm³/mol. The van der Waals surface area contributed by atoms with Crippen molar-refractivity contribution in [2.24, 2.45) is 11.5 Å². The van der Waals surface area contributed by atoms with Crippen LogP contribution >= 0.6 is 11.3 Å². The first-order chi connectivity index (χ1) is 12.6. The number of anilines is 1. The summed E-state index contributed by atoms with van der Waals surface area (Å²) in [5.41, 5.74) is 12.3. The molecule has 0 saturated carbocycles. The Morgan fingerprint density at radius 3 is 2.81 bits per heavy atom. The summed E-state index contributed by atoms with van der Waals surface area (Å²) in [5.74, 6) is 5.38. The summed E-state index contributed by atoms with van der Waals surface area (Å²) in [5, 5.41) is 3.24. The number of carbonyl (C=O) groups excluding carboxylic acids is 2. The molecular formula is C18H19N5O2S. The van der Waals surface area contributed by atoms with Gasteiger partial charge in [-0.2, -0.15) is 0 Å². The van der Waals surface area contributed by atoms with Crippen molar-refractivity contribution < 1.29 is 9.59 Å². The van der Waals surface area contributed by atoms with Crippen molar-refractivity contribution in [2.45, 2.75) is 18.9 Å². The molecule has 3 amide bonds. The van der Waals surface area contributed by atoms with Gasteiger partial charge in [0.1, 0.15) is 4.88 Å². The third kappa shape index (κ3) is 4.02. The molecule has 0 aromatic carbocycles. The maximum absolute atomic E-state index is 12.1. The van der Waals surface area contributed by atoms with Crippen molar-refractivity contribution >= 4 is 29.0 Å². The van der Waals surface area contributed by atoms with Gasteiger partial charge in [-0.15, -0.1) is 11.3 Å². The molecule has 7 nitrogen and oxygen atoms in total. The van der Waals surface area contributed by atoms with Gasteiger partial charge in [-0.05, 0) is 37.6 Å². The molecule has 2 aromatic rings. The SMILES string of the molecule is NC(=O)c1sc(C#Cc2cccnc2)cc1N(C(N)=O)[C@H]1CCCNC1. The Labute approximate surface area is 155 Å². The highest BCUT2D eigenvalue weighted by Gasteiger charge is 2.29. The van der Waals surface area contributed by atoms with Crippen molar-refractivity contribution in [3.05, 3.63) is 45.9 Å². The monoisotopic (exact) mass is 369 g/mol. The number of nitrogens with one attached hydrogen (secondary N) is 1. The zero-order valence-corrected chi connectivity index (χ0v) is 14.9. The Morgan fingerprint density at radius 1 is 1.35 bits per heavy atom. The van der Waals surface area contributed by atoms with Gasteiger partial charge in [-0.1, -0.05) is 11.8 Å². The van der Waals surface area contributed by atoms with Crippen LogP contribution < -0.4 is 21.7 Å². The van der Waals surface area contributed by atoms with E-state index < -0.39 is 11.9 Å². The molecule has 0 bridgehead atoms. The topological polar surface area (TPSA) is 114 Å². The third-order valence-corrected chi connectivity index (χ3v) is 5.12. The lowest BCUT2D eigenvalue weighted by Gasteiger charge is -2.33. The number of rotatable bonds is 3. The van der Waals surface area contributed by atoms with Crippen LogP contribution in [0.2, 0.25) is 0 Å². The second kappa shape index (κ2) is 7.99. The number of piperidine rings is 1. The number of aromatic nitrogens is 1. The molecule has 1 saturated heterocycles. The van der Waals surface area contributed by atoms with Crippen LogP contribution in [-0.4, -0.2) is 36.1 Å². The van der Waals surface area contributed by atoms with Gasteiger partial charge in [-0.25, -0.2) is 4.79 Å². The van der Waals surface area contributed by atoms with Gasteiger partial charge in [0.15, 0.2) is 0 Å². The van der Waals surface area contributed by atoms with Crippen LogP contribution in [0.4, 0.5) is 10.5 Å². The van der Waals surface area contributed by atoms with E-state index in [1.165, 1.54) is 4.90 Å². The van der Waals surface area contributed by atoms with Gasteiger partial charge in [-0.3, -0.25) is 14.7 Å². The molecule has 2 aromatic heterocycles. The molecule has 3 rings (SSSR count). The van der Waals surface area contributed by atoms with Crippen LogP contribution in [0.5, 0.6) is 0 Å². The summed E-state index contributed by atoms with van der Waals surface area (Å²) < 4.78 is 0. The first kappa shape index (κ1) is 17.9. The second-order valence-corrected chi connectivity index (χ2v) is 6.94. The summed E-state index contributed by atoms with van der Waals surface area (Å²) in [6.45, 7) is 1.52. The van der Waals surface area contributed by atoms with E-state index in [0.29, 0.717) is 17.1 Å². The fraction of sp³-hybridized carbons (Fsp3) is 0.278. The largest absolute Gasteiger partial charge is 0.365 e. The van der Waals surface area contributed by atoms with Crippen molar-refractivity contribution in [3.63, 3.8) is 0 Å². The average Bonchev–Trinajstić information content (AvgIpc) is 3.06. The van der Waals surface area contributed by atoms with Gasteiger partial charge < -0.3 is 16.8 Å². The van der Waals surface area contributed by atoms with Crippen molar-refractivity contribution in [1.82, 2.24) is 10.3 Å². The molecule has 1 fully saturated rings. The highest BCUT2D eigenvalue weighted by Crippen LogP contribution is 2.32. The molecule has 134 valence electrons. The van der Waals surface area contributed by atoms with Crippen LogP contribution in [-0.2, 0) is 0 Å². The molecule has 3 heterocycles. The summed E-state index contributed by atoms with van der Waals surface area (Å²) in [7, 11) is 0. The fourth-order valence-corrected chi connectivity index (χ4v) is 3.77. The number of hydrogen-bond donors (Lipinski definition) is 3. The number of primary amides is 2. The highest BCUT2D eigenvalue weighted by atomic mass is 32.1. The highest BCUT2D eigenvalue weighted by molar-refractivity contribution is 7.15.